The number of aryl methyl sites for hydroxylation is 1. The summed E-state index contributed by atoms with van der Waals surface area (Å²) in [4.78, 5) is 5.88. The fourth-order valence-electron chi connectivity index (χ4n) is 1.95. The lowest BCUT2D eigenvalue weighted by atomic mass is 10.2. The van der Waals surface area contributed by atoms with Crippen molar-refractivity contribution >= 4 is 44.1 Å². The summed E-state index contributed by atoms with van der Waals surface area (Å²) >= 11 is 3.43. The third-order valence-electron chi connectivity index (χ3n) is 2.89. The number of rotatable bonds is 3. The third-order valence-corrected chi connectivity index (χ3v) is 4.64. The van der Waals surface area contributed by atoms with Crippen LogP contribution in [0.1, 0.15) is 5.56 Å². The number of hydrogen-bond acceptors (Lipinski definition) is 4. The molecular weight excluding hydrogens is 272 g/mol. The first-order valence-corrected chi connectivity index (χ1v) is 8.07. The van der Waals surface area contributed by atoms with Gasteiger partial charge >= 0.3 is 0 Å². The summed E-state index contributed by atoms with van der Waals surface area (Å²) in [5.74, 6) is 0. The maximum atomic E-state index is 4.64. The zero-order valence-electron chi connectivity index (χ0n) is 10.8. The van der Waals surface area contributed by atoms with Gasteiger partial charge in [-0.1, -0.05) is 29.5 Å². The highest BCUT2D eigenvalue weighted by Crippen LogP contribution is 2.32. The highest BCUT2D eigenvalue weighted by molar-refractivity contribution is 7.98. The van der Waals surface area contributed by atoms with Gasteiger partial charge in [0.1, 0.15) is 0 Å². The van der Waals surface area contributed by atoms with Crippen LogP contribution in [0.2, 0.25) is 0 Å². The van der Waals surface area contributed by atoms with Crippen LogP contribution in [0.4, 0.5) is 10.8 Å². The van der Waals surface area contributed by atoms with E-state index >= 15 is 0 Å². The molecule has 0 saturated heterocycles. The maximum Gasteiger partial charge on any atom is 0.188 e. The molecule has 1 heterocycles. The Kier molecular flexibility index (Phi) is 3.44. The number of thiazole rings is 1. The summed E-state index contributed by atoms with van der Waals surface area (Å²) in [6.45, 7) is 2.09. The minimum absolute atomic E-state index is 0.946. The SMILES string of the molecule is CSc1ccccc1Nc1nc2cc(C)ccc2s1. The van der Waals surface area contributed by atoms with E-state index in [0.717, 1.165) is 16.3 Å². The molecule has 0 saturated carbocycles. The molecule has 0 aliphatic carbocycles. The molecule has 0 unspecified atom stereocenters. The molecule has 3 aromatic rings. The van der Waals surface area contributed by atoms with Gasteiger partial charge in [-0.2, -0.15) is 0 Å². The monoisotopic (exact) mass is 286 g/mol. The molecular formula is C15H14N2S2. The van der Waals surface area contributed by atoms with Gasteiger partial charge in [0.25, 0.3) is 0 Å². The molecule has 0 atom stereocenters. The smallest absolute Gasteiger partial charge is 0.188 e. The van der Waals surface area contributed by atoms with Crippen LogP contribution in [0.15, 0.2) is 47.4 Å². The van der Waals surface area contributed by atoms with Crippen molar-refractivity contribution in [3.8, 4) is 0 Å². The van der Waals surface area contributed by atoms with Crippen LogP contribution in [0.3, 0.4) is 0 Å². The summed E-state index contributed by atoms with van der Waals surface area (Å²) in [7, 11) is 0. The van der Waals surface area contributed by atoms with Crippen LogP contribution < -0.4 is 5.32 Å². The average Bonchev–Trinajstić information content (AvgIpc) is 2.80. The normalized spacial score (nSPS) is 10.8. The van der Waals surface area contributed by atoms with Gasteiger partial charge in [0, 0.05) is 4.90 Å². The van der Waals surface area contributed by atoms with Crippen molar-refractivity contribution in [3.63, 3.8) is 0 Å². The zero-order chi connectivity index (χ0) is 13.2. The first-order chi connectivity index (χ1) is 9.26. The predicted molar refractivity (Wildman–Crippen MR) is 85.9 cm³/mol. The van der Waals surface area contributed by atoms with Crippen LogP contribution in [-0.4, -0.2) is 11.2 Å². The van der Waals surface area contributed by atoms with E-state index < -0.39 is 0 Å². The van der Waals surface area contributed by atoms with Gasteiger partial charge in [-0.3, -0.25) is 0 Å². The number of nitrogens with one attached hydrogen (secondary N) is 1. The van der Waals surface area contributed by atoms with Crippen LogP contribution >= 0.6 is 23.1 Å². The van der Waals surface area contributed by atoms with Gasteiger partial charge in [-0.05, 0) is 43.0 Å². The molecule has 0 spiro atoms. The lowest BCUT2D eigenvalue weighted by Crippen LogP contribution is -1.90. The quantitative estimate of drug-likeness (QED) is 0.680. The second-order valence-corrected chi connectivity index (χ2v) is 6.19. The third kappa shape index (κ3) is 2.60. The molecule has 0 aliphatic heterocycles. The molecule has 96 valence electrons. The fourth-order valence-corrected chi connectivity index (χ4v) is 3.37. The van der Waals surface area contributed by atoms with E-state index in [2.05, 4.69) is 59.9 Å². The molecule has 0 amide bonds. The van der Waals surface area contributed by atoms with Crippen molar-refractivity contribution in [3.05, 3.63) is 48.0 Å². The largest absolute Gasteiger partial charge is 0.331 e. The number of hydrogen-bond donors (Lipinski definition) is 1. The summed E-state index contributed by atoms with van der Waals surface area (Å²) in [6, 6.07) is 14.7. The summed E-state index contributed by atoms with van der Waals surface area (Å²) in [5.41, 5.74) is 3.42. The van der Waals surface area contributed by atoms with Crippen LogP contribution in [0, 0.1) is 6.92 Å². The minimum Gasteiger partial charge on any atom is -0.331 e. The van der Waals surface area contributed by atoms with Crippen molar-refractivity contribution in [1.82, 2.24) is 4.98 Å². The molecule has 19 heavy (non-hydrogen) atoms. The number of aromatic nitrogens is 1. The zero-order valence-corrected chi connectivity index (χ0v) is 12.4. The molecule has 1 N–H and O–H groups in total. The number of benzene rings is 2. The number of fused-ring (bicyclic) bond motifs is 1. The number of nitrogens with zero attached hydrogens (tertiary/aromatic N) is 1. The van der Waals surface area contributed by atoms with E-state index in [-0.39, 0.29) is 0 Å². The summed E-state index contributed by atoms with van der Waals surface area (Å²) in [5, 5.41) is 4.37. The van der Waals surface area contributed by atoms with Gasteiger partial charge in [0.2, 0.25) is 0 Å². The molecule has 0 aliphatic rings. The minimum atomic E-state index is 0.946. The Morgan fingerprint density at radius 3 is 2.84 bits per heavy atom. The topological polar surface area (TPSA) is 24.9 Å². The first-order valence-electron chi connectivity index (χ1n) is 6.03. The standard InChI is InChI=1S/C15H14N2S2/c1-10-7-8-14-12(9-10)17-15(19-14)16-11-5-3-4-6-13(11)18-2/h3-9H,1-2H3,(H,16,17). The van der Waals surface area contributed by atoms with Gasteiger partial charge in [-0.15, -0.1) is 11.8 Å². The molecule has 2 nitrogen and oxygen atoms in total. The molecule has 0 radical (unpaired) electrons. The highest BCUT2D eigenvalue weighted by Gasteiger charge is 2.06. The van der Waals surface area contributed by atoms with Crippen LogP contribution in [0.5, 0.6) is 0 Å². The number of para-hydroxylation sites is 1. The van der Waals surface area contributed by atoms with Crippen molar-refractivity contribution in [2.75, 3.05) is 11.6 Å². The van der Waals surface area contributed by atoms with Crippen LogP contribution in [-0.2, 0) is 0 Å². The predicted octanol–water partition coefficient (Wildman–Crippen LogP) is 5.07. The Hall–Kier alpha value is -1.52. The van der Waals surface area contributed by atoms with E-state index in [1.54, 1.807) is 23.1 Å². The van der Waals surface area contributed by atoms with E-state index in [4.69, 9.17) is 0 Å². The summed E-state index contributed by atoms with van der Waals surface area (Å²) in [6.07, 6.45) is 2.09. The van der Waals surface area contributed by atoms with Crippen molar-refractivity contribution in [2.45, 2.75) is 11.8 Å². The first kappa shape index (κ1) is 12.5. The number of thioether (sulfide) groups is 1. The fraction of sp³-hybridized carbons (Fsp3) is 0.133. The van der Waals surface area contributed by atoms with E-state index in [0.29, 0.717) is 0 Å². The molecule has 2 aromatic carbocycles. The van der Waals surface area contributed by atoms with Gasteiger partial charge in [0.15, 0.2) is 5.13 Å². The molecule has 4 heteroatoms. The van der Waals surface area contributed by atoms with Crippen molar-refractivity contribution in [1.29, 1.82) is 0 Å². The number of anilines is 2. The molecule has 0 bridgehead atoms. The lowest BCUT2D eigenvalue weighted by molar-refractivity contribution is 1.38. The maximum absolute atomic E-state index is 4.64. The van der Waals surface area contributed by atoms with E-state index in [9.17, 15) is 0 Å². The van der Waals surface area contributed by atoms with Gasteiger partial charge in [0.05, 0.1) is 15.9 Å². The van der Waals surface area contributed by atoms with Gasteiger partial charge in [-0.25, -0.2) is 4.98 Å². The van der Waals surface area contributed by atoms with Crippen molar-refractivity contribution in [2.24, 2.45) is 0 Å². The van der Waals surface area contributed by atoms with Gasteiger partial charge < -0.3 is 5.32 Å². The Morgan fingerprint density at radius 2 is 2.00 bits per heavy atom. The van der Waals surface area contributed by atoms with Crippen LogP contribution in [0.25, 0.3) is 10.2 Å². The second kappa shape index (κ2) is 5.23. The average molecular weight is 286 g/mol. The Morgan fingerprint density at radius 1 is 1.16 bits per heavy atom. The Labute approximate surface area is 120 Å². The Balaban J connectivity index is 1.96. The molecule has 0 fully saturated rings. The Bertz CT molecular complexity index is 719. The highest BCUT2D eigenvalue weighted by atomic mass is 32.2. The van der Waals surface area contributed by atoms with E-state index in [1.807, 2.05) is 6.07 Å². The summed E-state index contributed by atoms with van der Waals surface area (Å²) < 4.78 is 1.22. The second-order valence-electron chi connectivity index (χ2n) is 4.32. The molecule has 1 aromatic heterocycles. The van der Waals surface area contributed by atoms with E-state index in [1.165, 1.54) is 15.2 Å². The lowest BCUT2D eigenvalue weighted by Gasteiger charge is -2.06. The van der Waals surface area contributed by atoms with Crippen molar-refractivity contribution < 1.29 is 0 Å². The molecule has 3 rings (SSSR count).